The third-order valence-electron chi connectivity index (χ3n) is 2.48. The first-order valence-electron chi connectivity index (χ1n) is 5.99. The number of rotatable bonds is 6. The van der Waals surface area contributed by atoms with Crippen molar-refractivity contribution in [1.29, 1.82) is 5.41 Å². The highest BCUT2D eigenvalue weighted by molar-refractivity contribution is 5.77. The zero-order valence-corrected chi connectivity index (χ0v) is 10.9. The van der Waals surface area contributed by atoms with Crippen LogP contribution in [0, 0.1) is 18.3 Å². The molecule has 0 aromatic carbocycles. The van der Waals surface area contributed by atoms with E-state index in [1.54, 1.807) is 0 Å². The summed E-state index contributed by atoms with van der Waals surface area (Å²) < 4.78 is 0. The number of amidine groups is 1. The summed E-state index contributed by atoms with van der Waals surface area (Å²) in [6, 6.07) is 4.08. The zero-order chi connectivity index (χ0) is 12.8. The van der Waals surface area contributed by atoms with Gasteiger partial charge >= 0.3 is 0 Å². The summed E-state index contributed by atoms with van der Waals surface area (Å²) in [5.74, 6) is 0.819. The molecule has 3 N–H and O–H groups in total. The summed E-state index contributed by atoms with van der Waals surface area (Å²) in [6.45, 7) is 8.12. The van der Waals surface area contributed by atoms with Crippen LogP contribution in [0.15, 0.2) is 18.3 Å². The van der Waals surface area contributed by atoms with E-state index in [2.05, 4.69) is 29.8 Å². The molecule has 1 aromatic heterocycles. The van der Waals surface area contributed by atoms with Gasteiger partial charge in [0.2, 0.25) is 0 Å². The van der Waals surface area contributed by atoms with Crippen molar-refractivity contribution >= 4 is 11.5 Å². The second kappa shape index (κ2) is 6.23. The smallest absolute Gasteiger partial charge is 0.0923 e. The monoisotopic (exact) mass is 234 g/mol. The standard InChI is InChI=1S/C13H22N4/c1-10(2)9-17(7-5-13(14)15)12-4-6-16-11(3)8-12/h4,6,8,10H,5,7,9H2,1-3H3,(H3,14,15). The Morgan fingerprint density at radius 3 is 2.76 bits per heavy atom. The quantitative estimate of drug-likeness (QED) is 0.585. The van der Waals surface area contributed by atoms with E-state index >= 15 is 0 Å². The van der Waals surface area contributed by atoms with Gasteiger partial charge in [0.15, 0.2) is 0 Å². The summed E-state index contributed by atoms with van der Waals surface area (Å²) in [7, 11) is 0. The van der Waals surface area contributed by atoms with E-state index in [0.717, 1.165) is 24.5 Å². The predicted octanol–water partition coefficient (Wildman–Crippen LogP) is 2.18. The predicted molar refractivity (Wildman–Crippen MR) is 72.6 cm³/mol. The molecule has 17 heavy (non-hydrogen) atoms. The Balaban J connectivity index is 2.77. The first kappa shape index (κ1) is 13.5. The van der Waals surface area contributed by atoms with Crippen molar-refractivity contribution in [2.24, 2.45) is 11.7 Å². The van der Waals surface area contributed by atoms with Crippen LogP contribution in [0.4, 0.5) is 5.69 Å². The van der Waals surface area contributed by atoms with Crippen LogP contribution in [0.3, 0.4) is 0 Å². The SMILES string of the molecule is Cc1cc(N(CCC(=N)N)CC(C)C)ccn1. The van der Waals surface area contributed by atoms with Crippen LogP contribution in [-0.2, 0) is 0 Å². The second-order valence-corrected chi connectivity index (χ2v) is 4.77. The number of hydrogen-bond donors (Lipinski definition) is 2. The highest BCUT2D eigenvalue weighted by Gasteiger charge is 2.09. The lowest BCUT2D eigenvalue weighted by Gasteiger charge is -2.26. The molecule has 1 aromatic rings. The van der Waals surface area contributed by atoms with Crippen LogP contribution >= 0.6 is 0 Å². The minimum Gasteiger partial charge on any atom is -0.388 e. The fourth-order valence-electron chi connectivity index (χ4n) is 1.75. The maximum absolute atomic E-state index is 7.31. The van der Waals surface area contributed by atoms with E-state index < -0.39 is 0 Å². The highest BCUT2D eigenvalue weighted by Crippen LogP contribution is 2.16. The van der Waals surface area contributed by atoms with E-state index in [4.69, 9.17) is 11.1 Å². The van der Waals surface area contributed by atoms with Crippen LogP contribution < -0.4 is 10.6 Å². The Morgan fingerprint density at radius 2 is 2.24 bits per heavy atom. The van der Waals surface area contributed by atoms with Gasteiger partial charge in [0.25, 0.3) is 0 Å². The number of pyridine rings is 1. The summed E-state index contributed by atoms with van der Waals surface area (Å²) in [4.78, 5) is 6.47. The van der Waals surface area contributed by atoms with Crippen molar-refractivity contribution in [3.8, 4) is 0 Å². The third kappa shape index (κ3) is 4.85. The zero-order valence-electron chi connectivity index (χ0n) is 10.9. The average molecular weight is 234 g/mol. The van der Waals surface area contributed by atoms with Crippen molar-refractivity contribution in [2.75, 3.05) is 18.0 Å². The Labute approximate surface area is 103 Å². The fourth-order valence-corrected chi connectivity index (χ4v) is 1.75. The second-order valence-electron chi connectivity index (χ2n) is 4.77. The van der Waals surface area contributed by atoms with Crippen molar-refractivity contribution in [1.82, 2.24) is 4.98 Å². The molecule has 0 aliphatic carbocycles. The maximum atomic E-state index is 7.31. The molecular formula is C13H22N4. The van der Waals surface area contributed by atoms with Crippen molar-refractivity contribution in [2.45, 2.75) is 27.2 Å². The molecule has 0 amide bonds. The minimum absolute atomic E-state index is 0.240. The molecular weight excluding hydrogens is 212 g/mol. The first-order chi connectivity index (χ1) is 7.99. The minimum atomic E-state index is 0.240. The molecule has 0 saturated heterocycles. The maximum Gasteiger partial charge on any atom is 0.0923 e. The van der Waals surface area contributed by atoms with Crippen LogP contribution in [0.5, 0.6) is 0 Å². The fraction of sp³-hybridized carbons (Fsp3) is 0.538. The number of nitrogens with one attached hydrogen (secondary N) is 1. The van der Waals surface area contributed by atoms with Gasteiger partial charge < -0.3 is 10.6 Å². The molecule has 0 radical (unpaired) electrons. The lowest BCUT2D eigenvalue weighted by Crippen LogP contribution is -2.31. The van der Waals surface area contributed by atoms with Gasteiger partial charge in [-0.3, -0.25) is 10.4 Å². The van der Waals surface area contributed by atoms with E-state index in [1.165, 1.54) is 0 Å². The van der Waals surface area contributed by atoms with Gasteiger partial charge in [-0.2, -0.15) is 0 Å². The number of aromatic nitrogens is 1. The average Bonchev–Trinajstić information content (AvgIpc) is 2.23. The van der Waals surface area contributed by atoms with Crippen molar-refractivity contribution in [3.05, 3.63) is 24.0 Å². The first-order valence-corrected chi connectivity index (χ1v) is 5.99. The van der Waals surface area contributed by atoms with Crippen LogP contribution in [0.25, 0.3) is 0 Å². The lowest BCUT2D eigenvalue weighted by molar-refractivity contribution is 0.613. The molecule has 4 nitrogen and oxygen atoms in total. The molecule has 0 bridgehead atoms. The largest absolute Gasteiger partial charge is 0.388 e. The number of anilines is 1. The molecule has 0 aliphatic rings. The number of hydrogen-bond acceptors (Lipinski definition) is 3. The van der Waals surface area contributed by atoms with E-state index in [1.807, 2.05) is 19.2 Å². The molecule has 0 atom stereocenters. The molecule has 0 aliphatic heterocycles. The molecule has 1 heterocycles. The summed E-state index contributed by atoms with van der Waals surface area (Å²) >= 11 is 0. The van der Waals surface area contributed by atoms with Gasteiger partial charge in [-0.05, 0) is 25.0 Å². The molecule has 4 heteroatoms. The van der Waals surface area contributed by atoms with Gasteiger partial charge in [-0.1, -0.05) is 13.8 Å². The summed E-state index contributed by atoms with van der Waals surface area (Å²) in [6.07, 6.45) is 2.43. The molecule has 94 valence electrons. The Morgan fingerprint density at radius 1 is 1.53 bits per heavy atom. The van der Waals surface area contributed by atoms with Gasteiger partial charge in [0, 0.05) is 37.1 Å². The van der Waals surface area contributed by atoms with Crippen LogP contribution in [-0.4, -0.2) is 23.9 Å². The van der Waals surface area contributed by atoms with Gasteiger partial charge in [0.05, 0.1) is 5.84 Å². The van der Waals surface area contributed by atoms with Gasteiger partial charge in [-0.25, -0.2) is 0 Å². The topological polar surface area (TPSA) is 66.0 Å². The summed E-state index contributed by atoms with van der Waals surface area (Å²) in [5.41, 5.74) is 7.60. The molecule has 0 fully saturated rings. The van der Waals surface area contributed by atoms with E-state index in [-0.39, 0.29) is 5.84 Å². The highest BCUT2D eigenvalue weighted by atomic mass is 15.1. The number of aryl methyl sites for hydroxylation is 1. The van der Waals surface area contributed by atoms with Gasteiger partial charge in [-0.15, -0.1) is 0 Å². The molecule has 0 unspecified atom stereocenters. The Hall–Kier alpha value is -1.58. The third-order valence-corrected chi connectivity index (χ3v) is 2.48. The molecule has 0 spiro atoms. The number of nitrogens with two attached hydrogens (primary N) is 1. The Kier molecular flexibility index (Phi) is 4.94. The van der Waals surface area contributed by atoms with E-state index in [0.29, 0.717) is 12.3 Å². The number of nitrogens with zero attached hydrogens (tertiary/aromatic N) is 2. The molecule has 1 rings (SSSR count). The van der Waals surface area contributed by atoms with E-state index in [9.17, 15) is 0 Å². The Bertz CT molecular complexity index is 373. The lowest BCUT2D eigenvalue weighted by atomic mass is 10.1. The van der Waals surface area contributed by atoms with Crippen molar-refractivity contribution in [3.63, 3.8) is 0 Å². The van der Waals surface area contributed by atoms with Crippen molar-refractivity contribution < 1.29 is 0 Å². The normalized spacial score (nSPS) is 10.6. The van der Waals surface area contributed by atoms with Crippen LogP contribution in [0.1, 0.15) is 26.0 Å². The summed E-state index contributed by atoms with van der Waals surface area (Å²) in [5, 5.41) is 7.31. The van der Waals surface area contributed by atoms with Gasteiger partial charge in [0.1, 0.15) is 0 Å². The van der Waals surface area contributed by atoms with Crippen LogP contribution in [0.2, 0.25) is 0 Å². The molecule has 0 saturated carbocycles.